The Morgan fingerprint density at radius 3 is 2.73 bits per heavy atom. The van der Waals surface area contributed by atoms with Gasteiger partial charge < -0.3 is 10.5 Å². The van der Waals surface area contributed by atoms with Gasteiger partial charge in [-0.3, -0.25) is 9.59 Å². The highest BCUT2D eigenvalue weighted by Gasteiger charge is 2.37. The molecule has 1 aliphatic rings. The van der Waals surface area contributed by atoms with E-state index in [9.17, 15) is 9.59 Å². The van der Waals surface area contributed by atoms with Gasteiger partial charge in [-0.15, -0.1) is 5.10 Å². The second kappa shape index (κ2) is 9.84. The molecule has 2 heterocycles. The molecule has 174 valence electrons. The molecule has 0 bridgehead atoms. The molecule has 0 saturated heterocycles. The first-order valence-corrected chi connectivity index (χ1v) is 11.4. The number of hydrogen-bond acceptors (Lipinski definition) is 7. The number of ether oxygens (including phenoxy) is 1. The van der Waals surface area contributed by atoms with Gasteiger partial charge in [0, 0.05) is 30.0 Å². The molecule has 0 radical (unpaired) electrons. The van der Waals surface area contributed by atoms with Crippen LogP contribution in [-0.4, -0.2) is 43.9 Å². The van der Waals surface area contributed by atoms with Gasteiger partial charge in [-0.05, 0) is 49.4 Å². The molecule has 0 spiro atoms. The molecule has 3 aromatic rings. The van der Waals surface area contributed by atoms with Crippen molar-refractivity contribution in [3.05, 3.63) is 63.5 Å². The van der Waals surface area contributed by atoms with E-state index in [-0.39, 0.29) is 29.6 Å². The fourth-order valence-electron chi connectivity index (χ4n) is 4.46. The van der Waals surface area contributed by atoms with Gasteiger partial charge >= 0.3 is 5.97 Å². The highest BCUT2D eigenvalue weighted by Crippen LogP contribution is 2.42. The number of nitrogens with two attached hydrogens (primary N) is 1. The SMILES string of the molecule is CC(=O)OCCn1cc(-c2ccc(=O)n(C3CCC(CN)(c4cccc(Cl)c4)CC3)n2)nn1. The Balaban J connectivity index is 1.49. The molecule has 1 aliphatic carbocycles. The first kappa shape index (κ1) is 23.1. The fourth-order valence-corrected chi connectivity index (χ4v) is 4.65. The Labute approximate surface area is 196 Å². The maximum atomic E-state index is 12.6. The zero-order valence-corrected chi connectivity index (χ0v) is 19.2. The van der Waals surface area contributed by atoms with Crippen molar-refractivity contribution in [1.82, 2.24) is 24.8 Å². The predicted molar refractivity (Wildman–Crippen MR) is 124 cm³/mol. The van der Waals surface area contributed by atoms with Crippen LogP contribution < -0.4 is 11.3 Å². The van der Waals surface area contributed by atoms with Crippen molar-refractivity contribution in [2.24, 2.45) is 5.73 Å². The van der Waals surface area contributed by atoms with E-state index < -0.39 is 0 Å². The molecule has 2 N–H and O–H groups in total. The molecule has 0 unspecified atom stereocenters. The highest BCUT2D eigenvalue weighted by atomic mass is 35.5. The van der Waals surface area contributed by atoms with Crippen LogP contribution in [0.2, 0.25) is 5.02 Å². The number of aromatic nitrogens is 5. The van der Waals surface area contributed by atoms with Gasteiger partial charge in [-0.2, -0.15) is 5.10 Å². The molecule has 33 heavy (non-hydrogen) atoms. The second-order valence-electron chi connectivity index (χ2n) is 8.43. The van der Waals surface area contributed by atoms with E-state index in [0.29, 0.717) is 29.5 Å². The van der Waals surface area contributed by atoms with Gasteiger partial charge in [-0.25, -0.2) is 9.36 Å². The van der Waals surface area contributed by atoms with Crippen LogP contribution in [0, 0.1) is 0 Å². The number of hydrogen-bond donors (Lipinski definition) is 1. The van der Waals surface area contributed by atoms with Crippen molar-refractivity contribution in [1.29, 1.82) is 0 Å². The lowest BCUT2D eigenvalue weighted by Crippen LogP contribution is -2.41. The van der Waals surface area contributed by atoms with E-state index in [1.165, 1.54) is 13.0 Å². The van der Waals surface area contributed by atoms with Crippen LogP contribution in [0.3, 0.4) is 0 Å². The summed E-state index contributed by atoms with van der Waals surface area (Å²) in [6.45, 7) is 2.48. The van der Waals surface area contributed by atoms with Crippen LogP contribution >= 0.6 is 11.6 Å². The molecule has 0 atom stereocenters. The number of esters is 1. The third kappa shape index (κ3) is 5.15. The number of carbonyl (C=O) groups is 1. The van der Waals surface area contributed by atoms with Crippen molar-refractivity contribution >= 4 is 17.6 Å². The third-order valence-corrected chi connectivity index (χ3v) is 6.57. The maximum Gasteiger partial charge on any atom is 0.302 e. The zero-order valence-electron chi connectivity index (χ0n) is 18.5. The van der Waals surface area contributed by atoms with E-state index >= 15 is 0 Å². The molecule has 4 rings (SSSR count). The topological polar surface area (TPSA) is 118 Å². The summed E-state index contributed by atoms with van der Waals surface area (Å²) in [5.74, 6) is -0.342. The van der Waals surface area contributed by atoms with Crippen molar-refractivity contribution < 1.29 is 9.53 Å². The van der Waals surface area contributed by atoms with Gasteiger partial charge in [-0.1, -0.05) is 28.9 Å². The second-order valence-corrected chi connectivity index (χ2v) is 8.87. The Bertz CT molecular complexity index is 1180. The summed E-state index contributed by atoms with van der Waals surface area (Å²) in [5.41, 5.74) is 8.20. The van der Waals surface area contributed by atoms with Gasteiger partial charge in [0.1, 0.15) is 18.0 Å². The van der Waals surface area contributed by atoms with E-state index in [4.69, 9.17) is 22.1 Å². The molecule has 1 fully saturated rings. The Morgan fingerprint density at radius 2 is 2.03 bits per heavy atom. The molecule has 1 aromatic carbocycles. The lowest BCUT2D eigenvalue weighted by atomic mass is 9.68. The summed E-state index contributed by atoms with van der Waals surface area (Å²) in [4.78, 5) is 23.5. The average Bonchev–Trinajstić information content (AvgIpc) is 3.28. The van der Waals surface area contributed by atoms with Crippen LogP contribution in [0.15, 0.2) is 47.4 Å². The average molecular weight is 471 g/mol. The lowest BCUT2D eigenvalue weighted by Gasteiger charge is -2.40. The predicted octanol–water partition coefficient (Wildman–Crippen LogP) is 2.73. The molecule has 0 aliphatic heterocycles. The molecule has 10 heteroatoms. The molecule has 1 saturated carbocycles. The van der Waals surface area contributed by atoms with Crippen LogP contribution in [0.1, 0.15) is 44.2 Å². The lowest BCUT2D eigenvalue weighted by molar-refractivity contribution is -0.141. The maximum absolute atomic E-state index is 12.6. The molecule has 9 nitrogen and oxygen atoms in total. The Morgan fingerprint density at radius 1 is 1.24 bits per heavy atom. The summed E-state index contributed by atoms with van der Waals surface area (Å²) < 4.78 is 8.08. The van der Waals surface area contributed by atoms with Crippen molar-refractivity contribution in [3.8, 4) is 11.4 Å². The standard InChI is InChI=1S/C23H27ClN6O3/c1-16(31)33-12-11-29-14-21(26-28-29)20-5-6-22(32)30(27-20)19-7-9-23(15-25,10-8-19)17-3-2-4-18(24)13-17/h2-6,13-14,19H,7-12,15,25H2,1H3. The normalized spacial score (nSPS) is 20.5. The summed E-state index contributed by atoms with van der Waals surface area (Å²) in [6, 6.07) is 11.0. The number of nitrogens with zero attached hydrogens (tertiary/aromatic N) is 5. The van der Waals surface area contributed by atoms with Crippen molar-refractivity contribution in [3.63, 3.8) is 0 Å². The first-order valence-electron chi connectivity index (χ1n) is 11.0. The number of benzene rings is 1. The zero-order chi connectivity index (χ0) is 23.4. The van der Waals surface area contributed by atoms with E-state index in [0.717, 1.165) is 31.2 Å². The summed E-state index contributed by atoms with van der Waals surface area (Å²) >= 11 is 6.22. The molecular weight excluding hydrogens is 444 g/mol. The van der Waals surface area contributed by atoms with Crippen LogP contribution in [0.4, 0.5) is 0 Å². The quantitative estimate of drug-likeness (QED) is 0.527. The van der Waals surface area contributed by atoms with E-state index in [2.05, 4.69) is 21.5 Å². The van der Waals surface area contributed by atoms with E-state index in [1.54, 1.807) is 21.6 Å². The molecular formula is C23H27ClN6O3. The number of carbonyl (C=O) groups excluding carboxylic acids is 1. The smallest absolute Gasteiger partial charge is 0.302 e. The van der Waals surface area contributed by atoms with Crippen LogP contribution in [-0.2, 0) is 21.5 Å². The van der Waals surface area contributed by atoms with Crippen molar-refractivity contribution in [2.45, 2.75) is 50.6 Å². The monoisotopic (exact) mass is 470 g/mol. The molecule has 0 amide bonds. The Kier molecular flexibility index (Phi) is 6.90. The summed E-state index contributed by atoms with van der Waals surface area (Å²) in [5, 5.41) is 13.5. The highest BCUT2D eigenvalue weighted by molar-refractivity contribution is 6.30. The largest absolute Gasteiger partial charge is 0.464 e. The summed E-state index contributed by atoms with van der Waals surface area (Å²) in [6.07, 6.45) is 4.99. The fraction of sp³-hybridized carbons (Fsp3) is 0.435. The Hall–Kier alpha value is -3.04. The number of rotatable bonds is 7. The minimum absolute atomic E-state index is 0.0182. The van der Waals surface area contributed by atoms with Crippen LogP contribution in [0.5, 0.6) is 0 Å². The van der Waals surface area contributed by atoms with Gasteiger partial charge in [0.05, 0.1) is 18.8 Å². The van der Waals surface area contributed by atoms with Gasteiger partial charge in [0.2, 0.25) is 0 Å². The van der Waals surface area contributed by atoms with E-state index in [1.807, 2.05) is 18.2 Å². The minimum atomic E-state index is -0.342. The minimum Gasteiger partial charge on any atom is -0.464 e. The van der Waals surface area contributed by atoms with Crippen molar-refractivity contribution in [2.75, 3.05) is 13.2 Å². The summed E-state index contributed by atoms with van der Waals surface area (Å²) in [7, 11) is 0. The van der Waals surface area contributed by atoms with Crippen LogP contribution in [0.25, 0.3) is 11.4 Å². The van der Waals surface area contributed by atoms with Gasteiger partial charge in [0.25, 0.3) is 5.56 Å². The molecule has 2 aromatic heterocycles. The number of halogens is 1. The van der Waals surface area contributed by atoms with Gasteiger partial charge in [0.15, 0.2) is 0 Å². The third-order valence-electron chi connectivity index (χ3n) is 6.34. The first-order chi connectivity index (χ1) is 15.9.